The number of carbonyl (C=O) groups is 4. The van der Waals surface area contributed by atoms with Gasteiger partial charge in [0.2, 0.25) is 0 Å². The summed E-state index contributed by atoms with van der Waals surface area (Å²) in [6, 6.07) is 0. The molecule has 0 fully saturated rings. The van der Waals surface area contributed by atoms with Gasteiger partial charge in [-0.15, -0.1) is 0 Å². The molecule has 5 atom stereocenters. The van der Waals surface area contributed by atoms with Crippen LogP contribution in [0.25, 0.3) is 0 Å². The van der Waals surface area contributed by atoms with Gasteiger partial charge in [-0.2, -0.15) is 0 Å². The Morgan fingerprint density at radius 1 is 0.290 bits per heavy atom. The number of carbonyl (C=O) groups excluding carboxylic acids is 4. The van der Waals surface area contributed by atoms with Gasteiger partial charge in [0.25, 0.3) is 0 Å². The molecule has 17 nitrogen and oxygen atoms in total. The minimum atomic E-state index is -4.98. The molecular weight excluding hydrogens is 1310 g/mol. The van der Waals surface area contributed by atoms with E-state index < -0.39 is 97.5 Å². The van der Waals surface area contributed by atoms with Crippen LogP contribution in [0, 0.1) is 0 Å². The highest BCUT2D eigenvalue weighted by atomic mass is 31.2. The number of phosphoric ester groups is 2. The number of phosphoric acid groups is 2. The lowest BCUT2D eigenvalue weighted by molar-refractivity contribution is -0.161. The second-order valence-electron chi connectivity index (χ2n) is 26.3. The smallest absolute Gasteiger partial charge is 0.462 e. The second-order valence-corrected chi connectivity index (χ2v) is 29.2. The number of unbranched alkanes of at least 4 members (excludes halogenated alkanes) is 32. The Labute approximate surface area is 607 Å². The molecule has 0 heterocycles. The number of allylic oxidation sites excluding steroid dienone is 16. The maximum atomic E-state index is 13.1. The van der Waals surface area contributed by atoms with Crippen LogP contribution in [0.4, 0.5) is 0 Å². The van der Waals surface area contributed by atoms with Crippen LogP contribution in [0.1, 0.15) is 336 Å². The molecule has 0 saturated heterocycles. The fraction of sp³-hybridized carbons (Fsp3) is 0.753. The van der Waals surface area contributed by atoms with Gasteiger partial charge in [0, 0.05) is 25.7 Å². The first-order chi connectivity index (χ1) is 48.7. The van der Waals surface area contributed by atoms with Gasteiger partial charge in [-0.3, -0.25) is 37.3 Å². The predicted molar refractivity (Wildman–Crippen MR) is 409 cm³/mol. The van der Waals surface area contributed by atoms with Crippen LogP contribution in [0.3, 0.4) is 0 Å². The molecule has 0 radical (unpaired) electrons. The first kappa shape index (κ1) is 96.0. The molecule has 19 heteroatoms. The Morgan fingerprint density at radius 3 is 0.860 bits per heavy atom. The molecule has 0 saturated carbocycles. The van der Waals surface area contributed by atoms with Crippen molar-refractivity contribution in [1.29, 1.82) is 0 Å². The van der Waals surface area contributed by atoms with E-state index in [1.165, 1.54) is 57.8 Å². The molecule has 5 unspecified atom stereocenters. The monoisotopic (exact) mass is 1450 g/mol. The normalized spacial score (nSPS) is 14.4. The third-order valence-electron chi connectivity index (χ3n) is 16.5. The van der Waals surface area contributed by atoms with E-state index in [2.05, 4.69) is 125 Å². The number of hydrogen-bond acceptors (Lipinski definition) is 15. The van der Waals surface area contributed by atoms with Crippen LogP contribution in [0.15, 0.2) is 97.2 Å². The number of rotatable bonds is 74. The summed E-state index contributed by atoms with van der Waals surface area (Å²) >= 11 is 0. The van der Waals surface area contributed by atoms with Gasteiger partial charge in [-0.1, -0.05) is 266 Å². The third kappa shape index (κ3) is 72.3. The largest absolute Gasteiger partial charge is 0.472 e. The molecular formula is C81H142O17P2. The number of ether oxygens (including phenoxy) is 4. The van der Waals surface area contributed by atoms with Gasteiger partial charge in [-0.25, -0.2) is 9.13 Å². The van der Waals surface area contributed by atoms with Crippen molar-refractivity contribution in [3.05, 3.63) is 97.2 Å². The number of hydrogen-bond donors (Lipinski definition) is 3. The SMILES string of the molecule is CC/C=C\C/C=C\C/C=C\CCCCCCCCCC(=O)OC(COC(=O)CCCCCCCC/C=C\C/C=C\C/C=C\CCCCC)COP(=O)(O)OCC(O)COP(=O)(O)OCC(COC(=O)CCCCCCC/C=C\CCCCCC)OC(=O)CCCCCCC/C=C\CCCC. The van der Waals surface area contributed by atoms with Crippen molar-refractivity contribution in [1.82, 2.24) is 0 Å². The summed E-state index contributed by atoms with van der Waals surface area (Å²) in [6.45, 7) is 4.67. The number of aliphatic hydroxyl groups is 1. The van der Waals surface area contributed by atoms with E-state index in [4.69, 9.17) is 37.0 Å². The molecule has 0 rings (SSSR count). The fourth-order valence-corrected chi connectivity index (χ4v) is 12.0. The van der Waals surface area contributed by atoms with Crippen molar-refractivity contribution < 1.29 is 80.2 Å². The van der Waals surface area contributed by atoms with Crippen molar-refractivity contribution in [3.8, 4) is 0 Å². The van der Waals surface area contributed by atoms with Gasteiger partial charge < -0.3 is 33.8 Å². The lowest BCUT2D eigenvalue weighted by Gasteiger charge is -2.21. The zero-order valence-corrected chi connectivity index (χ0v) is 64.9. The van der Waals surface area contributed by atoms with Crippen LogP contribution in [0.2, 0.25) is 0 Å². The first-order valence-electron chi connectivity index (χ1n) is 39.5. The molecule has 0 aromatic heterocycles. The van der Waals surface area contributed by atoms with Crippen LogP contribution < -0.4 is 0 Å². The Bertz CT molecular complexity index is 2270. The first-order valence-corrected chi connectivity index (χ1v) is 42.5. The second kappa shape index (κ2) is 73.3. The molecule has 0 aliphatic carbocycles. The average molecular weight is 1450 g/mol. The Balaban J connectivity index is 5.34. The highest BCUT2D eigenvalue weighted by Gasteiger charge is 2.30. The molecule has 0 aromatic rings. The van der Waals surface area contributed by atoms with Crippen molar-refractivity contribution in [2.45, 2.75) is 354 Å². The zero-order valence-electron chi connectivity index (χ0n) is 63.1. The van der Waals surface area contributed by atoms with Gasteiger partial charge >= 0.3 is 39.5 Å². The third-order valence-corrected chi connectivity index (χ3v) is 18.4. The van der Waals surface area contributed by atoms with E-state index in [-0.39, 0.29) is 25.7 Å². The molecule has 578 valence electrons. The summed E-state index contributed by atoms with van der Waals surface area (Å²) in [5, 5.41) is 10.6. The van der Waals surface area contributed by atoms with Crippen LogP contribution in [-0.4, -0.2) is 96.7 Å². The summed E-state index contributed by atoms with van der Waals surface area (Å²) in [5.41, 5.74) is 0. The lowest BCUT2D eigenvalue weighted by atomic mass is 10.1. The standard InChI is InChI=1S/C81H142O17P2/c1-5-9-13-17-21-25-29-32-34-36-37-39-40-43-47-50-54-58-62-66-79(84)92-72-77(98-81(86)68-64-60-56-52-48-44-41-38-35-33-30-26-22-18-14-10-6-2)74-96-100(89,90)94-70-75(82)69-93-99(87,88)95-73-76(97-80(85)67-63-59-55-51-45-28-24-20-16-12-8-4)71-91-78(83)65-61-57-53-49-46-42-31-27-23-19-15-11-7-3/h10,14,20-22,24-27,31-35,37,39,75-77,82H,5-9,11-13,15-19,23,28-30,36,38,40-74H2,1-4H3,(H,87,88)(H,89,90)/b14-10-,24-20-,25-21-,26-22-,31-27-,34-32-,35-33-,39-37-. The van der Waals surface area contributed by atoms with E-state index in [0.717, 1.165) is 199 Å². The van der Waals surface area contributed by atoms with Crippen molar-refractivity contribution >= 4 is 39.5 Å². The predicted octanol–water partition coefficient (Wildman–Crippen LogP) is 22.8. The molecule has 0 bridgehead atoms. The molecule has 0 aliphatic heterocycles. The van der Waals surface area contributed by atoms with Crippen LogP contribution in [-0.2, 0) is 65.4 Å². The highest BCUT2D eigenvalue weighted by molar-refractivity contribution is 7.47. The molecule has 100 heavy (non-hydrogen) atoms. The van der Waals surface area contributed by atoms with Crippen molar-refractivity contribution in [2.75, 3.05) is 39.6 Å². The van der Waals surface area contributed by atoms with E-state index in [9.17, 15) is 43.2 Å². The molecule has 0 amide bonds. The Kier molecular flexibility index (Phi) is 70.4. The summed E-state index contributed by atoms with van der Waals surface area (Å²) < 4.78 is 68.5. The molecule has 0 aliphatic rings. The number of aliphatic hydroxyl groups excluding tert-OH is 1. The maximum absolute atomic E-state index is 13.1. The summed E-state index contributed by atoms with van der Waals surface area (Å²) in [6.07, 6.45) is 76.7. The molecule has 0 aromatic carbocycles. The molecule has 3 N–H and O–H groups in total. The topological polar surface area (TPSA) is 237 Å². The Morgan fingerprint density at radius 2 is 0.530 bits per heavy atom. The summed E-state index contributed by atoms with van der Waals surface area (Å²) in [4.78, 5) is 72.9. The van der Waals surface area contributed by atoms with Gasteiger partial charge in [0.1, 0.15) is 19.3 Å². The van der Waals surface area contributed by atoms with Crippen molar-refractivity contribution in [2.24, 2.45) is 0 Å². The summed E-state index contributed by atoms with van der Waals surface area (Å²) in [5.74, 6) is -2.20. The van der Waals surface area contributed by atoms with E-state index in [1.807, 2.05) is 0 Å². The quantitative estimate of drug-likeness (QED) is 0.0169. The lowest BCUT2D eigenvalue weighted by Crippen LogP contribution is -2.30. The van der Waals surface area contributed by atoms with Crippen LogP contribution >= 0.6 is 15.6 Å². The Hall–Kier alpha value is -4.02. The fourth-order valence-electron chi connectivity index (χ4n) is 10.5. The van der Waals surface area contributed by atoms with E-state index in [0.29, 0.717) is 25.7 Å². The average Bonchev–Trinajstić information content (AvgIpc) is 1.05. The maximum Gasteiger partial charge on any atom is 0.472 e. The zero-order chi connectivity index (χ0) is 73.2. The minimum Gasteiger partial charge on any atom is -0.462 e. The van der Waals surface area contributed by atoms with Crippen molar-refractivity contribution in [3.63, 3.8) is 0 Å². The van der Waals surface area contributed by atoms with Gasteiger partial charge in [0.05, 0.1) is 26.4 Å². The molecule has 0 spiro atoms. The van der Waals surface area contributed by atoms with Crippen LogP contribution in [0.5, 0.6) is 0 Å². The van der Waals surface area contributed by atoms with E-state index >= 15 is 0 Å². The van der Waals surface area contributed by atoms with E-state index in [1.54, 1.807) is 0 Å². The number of esters is 4. The highest BCUT2D eigenvalue weighted by Crippen LogP contribution is 2.45. The van der Waals surface area contributed by atoms with Gasteiger partial charge in [0.15, 0.2) is 12.2 Å². The van der Waals surface area contributed by atoms with Gasteiger partial charge in [-0.05, 0) is 141 Å². The summed E-state index contributed by atoms with van der Waals surface area (Å²) in [7, 11) is -9.96. The minimum absolute atomic E-state index is 0.0804.